The third kappa shape index (κ3) is 4.95. The molecule has 0 aliphatic rings. The Kier molecular flexibility index (Phi) is 7.02. The number of hydrogen-bond acceptors (Lipinski definition) is 8. The maximum atomic E-state index is 12.2. The largest absolute Gasteiger partial charge is 0.497 e. The molecular formula is C20H23N5O4S. The quantitative estimate of drug-likeness (QED) is 0.393. The molecule has 0 unspecified atom stereocenters. The van der Waals surface area contributed by atoms with E-state index >= 15 is 0 Å². The third-order valence-electron chi connectivity index (χ3n) is 4.28. The number of nitrogens with one attached hydrogen (secondary N) is 1. The molecule has 1 aromatic heterocycles. The summed E-state index contributed by atoms with van der Waals surface area (Å²) < 4.78 is 17.0. The van der Waals surface area contributed by atoms with Crippen LogP contribution in [0.4, 0.5) is 0 Å². The van der Waals surface area contributed by atoms with E-state index < -0.39 is 0 Å². The molecular weight excluding hydrogens is 406 g/mol. The normalized spacial score (nSPS) is 10.5. The van der Waals surface area contributed by atoms with Gasteiger partial charge < -0.3 is 25.4 Å². The van der Waals surface area contributed by atoms with Crippen LogP contribution in [0.5, 0.6) is 17.2 Å². The topological polar surface area (TPSA) is 114 Å². The van der Waals surface area contributed by atoms with E-state index in [9.17, 15) is 4.79 Å². The SMILES string of the molecule is COc1ccc(-c2nnc(SCC(=O)NCc3ccc(OC)c(OC)c3)n2N)cc1. The van der Waals surface area contributed by atoms with E-state index in [1.807, 2.05) is 36.4 Å². The zero-order valence-corrected chi connectivity index (χ0v) is 17.7. The van der Waals surface area contributed by atoms with Crippen molar-refractivity contribution in [3.05, 3.63) is 48.0 Å². The standard InChI is InChI=1S/C20H23N5O4S/c1-27-15-7-5-14(6-8-15)19-23-24-20(25(19)21)30-12-18(26)22-11-13-4-9-16(28-2)17(10-13)29-3/h4-10H,11-12,21H2,1-3H3,(H,22,26). The number of thioether (sulfide) groups is 1. The summed E-state index contributed by atoms with van der Waals surface area (Å²) in [4.78, 5) is 12.2. The lowest BCUT2D eigenvalue weighted by Crippen LogP contribution is -2.25. The first-order chi connectivity index (χ1) is 14.5. The van der Waals surface area contributed by atoms with Crippen LogP contribution in [0.1, 0.15) is 5.56 Å². The predicted molar refractivity (Wildman–Crippen MR) is 114 cm³/mol. The Morgan fingerprint density at radius 3 is 2.43 bits per heavy atom. The maximum absolute atomic E-state index is 12.2. The number of nitrogens with two attached hydrogens (primary N) is 1. The fraction of sp³-hybridized carbons (Fsp3) is 0.250. The van der Waals surface area contributed by atoms with Crippen LogP contribution in [0, 0.1) is 0 Å². The van der Waals surface area contributed by atoms with Gasteiger partial charge in [0.25, 0.3) is 0 Å². The number of methoxy groups -OCH3 is 3. The number of rotatable bonds is 9. The van der Waals surface area contributed by atoms with Gasteiger partial charge in [0.1, 0.15) is 5.75 Å². The summed E-state index contributed by atoms with van der Waals surface area (Å²) in [6.45, 7) is 0.367. The maximum Gasteiger partial charge on any atom is 0.230 e. The second-order valence-electron chi connectivity index (χ2n) is 6.16. The van der Waals surface area contributed by atoms with Crippen LogP contribution >= 0.6 is 11.8 Å². The number of carbonyl (C=O) groups excluding carboxylic acids is 1. The van der Waals surface area contributed by atoms with Crippen LogP contribution in [-0.4, -0.2) is 47.9 Å². The summed E-state index contributed by atoms with van der Waals surface area (Å²) in [7, 11) is 4.75. The Labute approximate surface area is 178 Å². The van der Waals surface area contributed by atoms with Gasteiger partial charge in [-0.3, -0.25) is 4.79 Å². The average molecular weight is 430 g/mol. The number of nitrogens with zero attached hydrogens (tertiary/aromatic N) is 3. The van der Waals surface area contributed by atoms with Crippen LogP contribution in [0.2, 0.25) is 0 Å². The molecule has 0 aliphatic heterocycles. The summed E-state index contributed by atoms with van der Waals surface area (Å²) in [6.07, 6.45) is 0. The minimum absolute atomic E-state index is 0.149. The monoisotopic (exact) mass is 429 g/mol. The van der Waals surface area contributed by atoms with Crippen molar-refractivity contribution in [2.24, 2.45) is 0 Å². The Morgan fingerprint density at radius 1 is 1.03 bits per heavy atom. The van der Waals surface area contributed by atoms with Gasteiger partial charge >= 0.3 is 0 Å². The van der Waals surface area contributed by atoms with E-state index in [4.69, 9.17) is 20.1 Å². The van der Waals surface area contributed by atoms with Crippen LogP contribution in [-0.2, 0) is 11.3 Å². The van der Waals surface area contributed by atoms with Crippen molar-refractivity contribution in [2.45, 2.75) is 11.7 Å². The molecule has 2 aromatic carbocycles. The molecule has 1 amide bonds. The number of nitrogen functional groups attached to an aromatic ring is 1. The molecule has 3 N–H and O–H groups in total. The molecule has 0 radical (unpaired) electrons. The molecule has 0 fully saturated rings. The highest BCUT2D eigenvalue weighted by atomic mass is 32.2. The molecule has 158 valence electrons. The van der Waals surface area contributed by atoms with Gasteiger partial charge in [-0.1, -0.05) is 17.8 Å². The molecule has 0 spiro atoms. The highest BCUT2D eigenvalue weighted by Crippen LogP contribution is 2.27. The molecule has 9 nitrogen and oxygen atoms in total. The highest BCUT2D eigenvalue weighted by Gasteiger charge is 2.14. The van der Waals surface area contributed by atoms with Crippen molar-refractivity contribution in [2.75, 3.05) is 32.9 Å². The molecule has 0 saturated heterocycles. The lowest BCUT2D eigenvalue weighted by atomic mass is 10.2. The first kappa shape index (κ1) is 21.3. The number of carbonyl (C=O) groups is 1. The minimum atomic E-state index is -0.149. The summed E-state index contributed by atoms with van der Waals surface area (Å²) >= 11 is 1.21. The second kappa shape index (κ2) is 9.88. The predicted octanol–water partition coefficient (Wildman–Crippen LogP) is 2.09. The molecule has 3 rings (SSSR count). The first-order valence-corrected chi connectivity index (χ1v) is 9.99. The van der Waals surface area contributed by atoms with E-state index in [0.717, 1.165) is 16.9 Å². The molecule has 0 aliphatic carbocycles. The highest BCUT2D eigenvalue weighted by molar-refractivity contribution is 7.99. The molecule has 0 atom stereocenters. The minimum Gasteiger partial charge on any atom is -0.497 e. The summed E-state index contributed by atoms with van der Waals surface area (Å²) in [5, 5.41) is 11.5. The summed E-state index contributed by atoms with van der Waals surface area (Å²) in [5.74, 6) is 8.60. The van der Waals surface area contributed by atoms with E-state index in [-0.39, 0.29) is 11.7 Å². The van der Waals surface area contributed by atoms with Crippen molar-refractivity contribution in [3.63, 3.8) is 0 Å². The van der Waals surface area contributed by atoms with Gasteiger partial charge in [0, 0.05) is 12.1 Å². The van der Waals surface area contributed by atoms with Gasteiger partial charge in [-0.05, 0) is 42.0 Å². The van der Waals surface area contributed by atoms with E-state index in [0.29, 0.717) is 29.0 Å². The molecule has 0 bridgehead atoms. The number of hydrogen-bond donors (Lipinski definition) is 2. The van der Waals surface area contributed by atoms with Gasteiger partial charge in [0.2, 0.25) is 11.1 Å². The lowest BCUT2D eigenvalue weighted by molar-refractivity contribution is -0.118. The van der Waals surface area contributed by atoms with Crippen LogP contribution in [0.15, 0.2) is 47.6 Å². The number of ether oxygens (including phenoxy) is 3. The molecule has 3 aromatic rings. The molecule has 10 heteroatoms. The van der Waals surface area contributed by atoms with Crippen LogP contribution in [0.25, 0.3) is 11.4 Å². The van der Waals surface area contributed by atoms with Crippen molar-refractivity contribution in [1.82, 2.24) is 20.2 Å². The van der Waals surface area contributed by atoms with Gasteiger partial charge in [0.05, 0.1) is 27.1 Å². The van der Waals surface area contributed by atoms with E-state index in [1.165, 1.54) is 16.4 Å². The van der Waals surface area contributed by atoms with Crippen molar-refractivity contribution < 1.29 is 19.0 Å². The Morgan fingerprint density at radius 2 is 1.77 bits per heavy atom. The zero-order valence-electron chi connectivity index (χ0n) is 16.9. The average Bonchev–Trinajstić information content (AvgIpc) is 3.16. The van der Waals surface area contributed by atoms with E-state index in [1.54, 1.807) is 27.4 Å². The summed E-state index contributed by atoms with van der Waals surface area (Å²) in [6, 6.07) is 12.8. The van der Waals surface area contributed by atoms with Gasteiger partial charge in [-0.2, -0.15) is 0 Å². The number of aromatic nitrogens is 3. The Bertz CT molecular complexity index is 1010. The van der Waals surface area contributed by atoms with Crippen molar-refractivity contribution in [3.8, 4) is 28.6 Å². The van der Waals surface area contributed by atoms with Crippen LogP contribution < -0.4 is 25.4 Å². The van der Waals surface area contributed by atoms with Gasteiger partial charge in [0.15, 0.2) is 17.3 Å². The number of amides is 1. The molecule has 0 saturated carbocycles. The first-order valence-electron chi connectivity index (χ1n) is 9.01. The van der Waals surface area contributed by atoms with Crippen LogP contribution in [0.3, 0.4) is 0 Å². The van der Waals surface area contributed by atoms with Crippen molar-refractivity contribution in [1.29, 1.82) is 0 Å². The second-order valence-corrected chi connectivity index (χ2v) is 7.10. The zero-order chi connectivity index (χ0) is 21.5. The smallest absolute Gasteiger partial charge is 0.230 e. The molecule has 1 heterocycles. The Balaban J connectivity index is 1.55. The molecule has 30 heavy (non-hydrogen) atoms. The van der Waals surface area contributed by atoms with Gasteiger partial charge in [-0.15, -0.1) is 10.2 Å². The third-order valence-corrected chi connectivity index (χ3v) is 5.23. The summed E-state index contributed by atoms with van der Waals surface area (Å²) in [5.41, 5.74) is 1.70. The fourth-order valence-electron chi connectivity index (χ4n) is 2.68. The van der Waals surface area contributed by atoms with Crippen molar-refractivity contribution >= 4 is 17.7 Å². The lowest BCUT2D eigenvalue weighted by Gasteiger charge is -2.10. The Hall–Kier alpha value is -3.40. The van der Waals surface area contributed by atoms with E-state index in [2.05, 4.69) is 15.5 Å². The van der Waals surface area contributed by atoms with Gasteiger partial charge in [-0.25, -0.2) is 4.68 Å². The fourth-order valence-corrected chi connectivity index (χ4v) is 3.37. The number of benzene rings is 2.